The second-order valence-corrected chi connectivity index (χ2v) is 5.29. The number of hydrogen-bond donors (Lipinski definition) is 1. The lowest BCUT2D eigenvalue weighted by atomic mass is 9.98. The van der Waals surface area contributed by atoms with Gasteiger partial charge in [-0.2, -0.15) is 0 Å². The Hall–Kier alpha value is -0.610. The van der Waals surface area contributed by atoms with Crippen LogP contribution in [0, 0.1) is 5.92 Å². The van der Waals surface area contributed by atoms with Crippen LogP contribution in [0.4, 0.5) is 0 Å². The van der Waals surface area contributed by atoms with Gasteiger partial charge in [0.25, 0.3) is 0 Å². The maximum atomic E-state index is 12.3. The van der Waals surface area contributed by atoms with Gasteiger partial charge in [-0.1, -0.05) is 6.92 Å². The molecule has 2 heterocycles. The smallest absolute Gasteiger partial charge is 0.245 e. The van der Waals surface area contributed by atoms with Crippen LogP contribution in [0.1, 0.15) is 32.6 Å². The Morgan fingerprint density at radius 1 is 1.44 bits per heavy atom. The van der Waals surface area contributed by atoms with Gasteiger partial charge in [0.15, 0.2) is 0 Å². The van der Waals surface area contributed by atoms with E-state index in [2.05, 4.69) is 6.92 Å². The third kappa shape index (κ3) is 2.38. The maximum absolute atomic E-state index is 12.3. The van der Waals surface area contributed by atoms with Gasteiger partial charge in [-0.05, 0) is 31.6 Å². The van der Waals surface area contributed by atoms with E-state index in [0.29, 0.717) is 19.6 Å². The van der Waals surface area contributed by atoms with Crippen molar-refractivity contribution in [1.82, 2.24) is 4.90 Å². The minimum absolute atomic E-state index is 0.0964. The van der Waals surface area contributed by atoms with Gasteiger partial charge in [-0.15, -0.1) is 0 Å². The summed E-state index contributed by atoms with van der Waals surface area (Å²) >= 11 is 0. The quantitative estimate of drug-likeness (QED) is 0.718. The molecule has 0 saturated carbocycles. The van der Waals surface area contributed by atoms with Crippen LogP contribution in [0.15, 0.2) is 0 Å². The molecule has 2 fully saturated rings. The van der Waals surface area contributed by atoms with Gasteiger partial charge in [0.2, 0.25) is 5.91 Å². The summed E-state index contributed by atoms with van der Waals surface area (Å²) in [6, 6.07) is 0. The molecule has 0 radical (unpaired) electrons. The van der Waals surface area contributed by atoms with Crippen LogP contribution in [0.25, 0.3) is 0 Å². The molecule has 0 aromatic rings. The number of likely N-dealkylation sites (tertiary alicyclic amines) is 1. The van der Waals surface area contributed by atoms with Gasteiger partial charge >= 0.3 is 0 Å². The summed E-state index contributed by atoms with van der Waals surface area (Å²) in [7, 11) is 0. The van der Waals surface area contributed by atoms with Gasteiger partial charge in [0.1, 0.15) is 5.54 Å². The first kappa shape index (κ1) is 11.9. The third-order valence-corrected chi connectivity index (χ3v) is 3.78. The summed E-state index contributed by atoms with van der Waals surface area (Å²) in [5, 5.41) is 0. The summed E-state index contributed by atoms with van der Waals surface area (Å²) < 4.78 is 5.25. The molecule has 0 aliphatic carbocycles. The topological polar surface area (TPSA) is 55.6 Å². The zero-order chi connectivity index (χ0) is 11.6. The lowest BCUT2D eigenvalue weighted by Crippen LogP contribution is -2.56. The number of nitrogens with zero attached hydrogens (tertiary/aromatic N) is 1. The van der Waals surface area contributed by atoms with Gasteiger partial charge in [-0.25, -0.2) is 0 Å². The molecular formula is C12H22N2O2. The van der Waals surface area contributed by atoms with Crippen molar-refractivity contribution in [2.45, 2.75) is 38.1 Å². The fourth-order valence-electron chi connectivity index (χ4n) is 2.53. The first-order valence-electron chi connectivity index (χ1n) is 6.28. The second-order valence-electron chi connectivity index (χ2n) is 5.29. The monoisotopic (exact) mass is 226 g/mol. The Kier molecular flexibility index (Phi) is 3.50. The van der Waals surface area contributed by atoms with Crippen LogP contribution in [0.2, 0.25) is 0 Å². The van der Waals surface area contributed by atoms with E-state index in [0.717, 1.165) is 31.8 Å². The summed E-state index contributed by atoms with van der Waals surface area (Å²) in [5.74, 6) is 0.824. The average molecular weight is 226 g/mol. The summed E-state index contributed by atoms with van der Waals surface area (Å²) in [5.41, 5.74) is 5.36. The molecule has 2 aliphatic heterocycles. The number of carbonyl (C=O) groups is 1. The minimum atomic E-state index is -0.742. The highest BCUT2D eigenvalue weighted by Gasteiger charge is 2.41. The van der Waals surface area contributed by atoms with Crippen LogP contribution < -0.4 is 5.73 Å². The third-order valence-electron chi connectivity index (χ3n) is 3.78. The zero-order valence-electron chi connectivity index (χ0n) is 10.1. The number of ether oxygens (including phenoxy) is 1. The van der Waals surface area contributed by atoms with Crippen LogP contribution in [-0.4, -0.2) is 42.6 Å². The Bertz CT molecular complexity index is 262. The molecule has 2 aliphatic rings. The van der Waals surface area contributed by atoms with Crippen molar-refractivity contribution < 1.29 is 9.53 Å². The highest BCUT2D eigenvalue weighted by molar-refractivity contribution is 5.86. The molecule has 0 spiro atoms. The predicted octanol–water partition coefficient (Wildman–Crippen LogP) is 0.753. The van der Waals surface area contributed by atoms with E-state index in [4.69, 9.17) is 10.5 Å². The molecule has 2 rings (SSSR count). The molecule has 2 N–H and O–H groups in total. The van der Waals surface area contributed by atoms with Crippen LogP contribution in [-0.2, 0) is 9.53 Å². The Morgan fingerprint density at radius 3 is 2.94 bits per heavy atom. The van der Waals surface area contributed by atoms with E-state index in [-0.39, 0.29) is 5.91 Å². The van der Waals surface area contributed by atoms with Gasteiger partial charge in [0, 0.05) is 19.7 Å². The summed E-state index contributed by atoms with van der Waals surface area (Å²) in [4.78, 5) is 14.2. The van der Waals surface area contributed by atoms with Crippen LogP contribution >= 0.6 is 0 Å². The van der Waals surface area contributed by atoms with E-state index in [9.17, 15) is 4.79 Å². The van der Waals surface area contributed by atoms with Crippen LogP contribution in [0.3, 0.4) is 0 Å². The fraction of sp³-hybridized carbons (Fsp3) is 0.917. The maximum Gasteiger partial charge on any atom is 0.245 e. The lowest BCUT2D eigenvalue weighted by molar-refractivity contribution is -0.137. The van der Waals surface area contributed by atoms with Crippen molar-refractivity contribution in [2.24, 2.45) is 11.7 Å². The summed E-state index contributed by atoms with van der Waals surface area (Å²) in [6.07, 6.45) is 4.09. The van der Waals surface area contributed by atoms with E-state index < -0.39 is 5.54 Å². The van der Waals surface area contributed by atoms with Crippen molar-refractivity contribution in [3.63, 3.8) is 0 Å². The largest absolute Gasteiger partial charge is 0.379 e. The zero-order valence-corrected chi connectivity index (χ0v) is 10.1. The van der Waals surface area contributed by atoms with Crippen molar-refractivity contribution in [3.8, 4) is 0 Å². The molecule has 0 bridgehead atoms. The van der Waals surface area contributed by atoms with Crippen molar-refractivity contribution in [3.05, 3.63) is 0 Å². The molecule has 2 atom stereocenters. The molecule has 2 unspecified atom stereocenters. The van der Waals surface area contributed by atoms with E-state index >= 15 is 0 Å². The number of nitrogens with two attached hydrogens (primary N) is 1. The molecule has 1 amide bonds. The van der Waals surface area contributed by atoms with Gasteiger partial charge < -0.3 is 15.4 Å². The average Bonchev–Trinajstić information content (AvgIpc) is 2.59. The van der Waals surface area contributed by atoms with Crippen molar-refractivity contribution >= 4 is 5.91 Å². The molecule has 4 heteroatoms. The van der Waals surface area contributed by atoms with E-state index in [1.807, 2.05) is 4.90 Å². The van der Waals surface area contributed by atoms with Crippen molar-refractivity contribution in [1.29, 1.82) is 0 Å². The lowest BCUT2D eigenvalue weighted by Gasteiger charge is -2.29. The number of carbonyl (C=O) groups excluding carboxylic acids is 1. The van der Waals surface area contributed by atoms with Gasteiger partial charge in [0.05, 0.1) is 6.61 Å². The highest BCUT2D eigenvalue weighted by Crippen LogP contribution is 2.22. The number of amides is 1. The number of rotatable bonds is 1. The first-order chi connectivity index (χ1) is 7.62. The van der Waals surface area contributed by atoms with E-state index in [1.54, 1.807) is 0 Å². The Balaban J connectivity index is 1.98. The molecule has 92 valence electrons. The SMILES string of the molecule is CC1CCCN(C(=O)C2(N)CCOC2)CC1. The highest BCUT2D eigenvalue weighted by atomic mass is 16.5. The minimum Gasteiger partial charge on any atom is -0.379 e. The standard InChI is InChI=1S/C12H22N2O2/c1-10-3-2-6-14(7-4-10)11(15)12(13)5-8-16-9-12/h10H,2-9,13H2,1H3. The molecule has 4 nitrogen and oxygen atoms in total. The molecule has 0 aromatic carbocycles. The first-order valence-corrected chi connectivity index (χ1v) is 6.28. The Labute approximate surface area is 97.1 Å². The molecule has 0 aromatic heterocycles. The van der Waals surface area contributed by atoms with E-state index in [1.165, 1.54) is 6.42 Å². The van der Waals surface area contributed by atoms with Crippen LogP contribution in [0.5, 0.6) is 0 Å². The second kappa shape index (κ2) is 4.72. The summed E-state index contributed by atoms with van der Waals surface area (Å²) in [6.45, 7) is 4.98. The fourth-order valence-corrected chi connectivity index (χ4v) is 2.53. The molecule has 2 saturated heterocycles. The number of hydrogen-bond acceptors (Lipinski definition) is 3. The predicted molar refractivity (Wildman–Crippen MR) is 61.9 cm³/mol. The Morgan fingerprint density at radius 2 is 2.25 bits per heavy atom. The molecular weight excluding hydrogens is 204 g/mol. The molecule has 16 heavy (non-hydrogen) atoms. The normalized spacial score (nSPS) is 36.1. The van der Waals surface area contributed by atoms with Crippen molar-refractivity contribution in [2.75, 3.05) is 26.3 Å². The van der Waals surface area contributed by atoms with Gasteiger partial charge in [-0.3, -0.25) is 4.79 Å².